The lowest BCUT2D eigenvalue weighted by atomic mass is 9.95. The van der Waals surface area contributed by atoms with Crippen LogP contribution in [0.15, 0.2) is 78.1 Å². The van der Waals surface area contributed by atoms with Crippen LogP contribution in [0.5, 0.6) is 0 Å². The first-order valence-electron chi connectivity index (χ1n) is 7.71. The average Bonchev–Trinajstić information content (AvgIpc) is 2.64. The van der Waals surface area contributed by atoms with Gasteiger partial charge in [-0.15, -0.1) is 6.58 Å². The second kappa shape index (κ2) is 6.97. The van der Waals surface area contributed by atoms with Crippen molar-refractivity contribution >= 4 is 5.97 Å². The maximum absolute atomic E-state index is 12.6. The quantitative estimate of drug-likeness (QED) is 0.671. The van der Waals surface area contributed by atoms with Gasteiger partial charge in [0.2, 0.25) is 0 Å². The van der Waals surface area contributed by atoms with Gasteiger partial charge in [-0.05, 0) is 5.56 Å². The molecule has 25 heavy (non-hydrogen) atoms. The molecule has 0 spiro atoms. The highest BCUT2D eigenvalue weighted by Gasteiger charge is 2.20. The fraction of sp³-hybridized carbons (Fsp3) is 0.0500. The smallest absolute Gasteiger partial charge is 0.276 e. The molecule has 0 unspecified atom stereocenters. The molecule has 0 N–H and O–H groups in total. The lowest BCUT2D eigenvalue weighted by Gasteiger charge is -2.17. The Kier molecular flexibility index (Phi) is 4.57. The molecule has 2 aromatic carbocycles. The van der Waals surface area contributed by atoms with Crippen LogP contribution in [0.25, 0.3) is 22.4 Å². The van der Waals surface area contributed by atoms with E-state index in [1.54, 1.807) is 24.3 Å². The van der Waals surface area contributed by atoms with E-state index in [2.05, 4.69) is 11.7 Å². The van der Waals surface area contributed by atoms with E-state index in [0.29, 0.717) is 16.8 Å². The SMILES string of the molecule is C=CCn1nc(-c2ccccc2)c(-c2ccccc2)c(C(=O)[O-])c1=O. The Bertz CT molecular complexity index is 977. The van der Waals surface area contributed by atoms with E-state index < -0.39 is 17.1 Å². The molecular formula is C20H15N2O3-. The third kappa shape index (κ3) is 3.12. The molecule has 1 aromatic heterocycles. The number of hydrogen-bond donors (Lipinski definition) is 0. The fourth-order valence-electron chi connectivity index (χ4n) is 2.69. The highest BCUT2D eigenvalue weighted by molar-refractivity contribution is 5.98. The highest BCUT2D eigenvalue weighted by Crippen LogP contribution is 2.31. The van der Waals surface area contributed by atoms with Crippen molar-refractivity contribution in [2.45, 2.75) is 6.54 Å². The molecule has 3 rings (SSSR count). The molecular weight excluding hydrogens is 316 g/mol. The Hall–Kier alpha value is -3.47. The summed E-state index contributed by atoms with van der Waals surface area (Å²) in [6.45, 7) is 3.70. The molecule has 0 aliphatic rings. The maximum Gasteiger partial charge on any atom is 0.276 e. The van der Waals surface area contributed by atoms with Gasteiger partial charge in [0.25, 0.3) is 5.56 Å². The first-order chi connectivity index (χ1) is 12.1. The molecule has 0 atom stereocenters. The number of rotatable bonds is 5. The molecule has 0 aliphatic carbocycles. The summed E-state index contributed by atoms with van der Waals surface area (Å²) in [5.41, 5.74) is 0.863. The van der Waals surface area contributed by atoms with Gasteiger partial charge < -0.3 is 9.90 Å². The van der Waals surface area contributed by atoms with Crippen molar-refractivity contribution in [1.29, 1.82) is 0 Å². The van der Waals surface area contributed by atoms with Gasteiger partial charge in [0, 0.05) is 11.1 Å². The van der Waals surface area contributed by atoms with Crippen molar-refractivity contribution in [3.8, 4) is 22.4 Å². The van der Waals surface area contributed by atoms with Crippen molar-refractivity contribution in [3.05, 3.63) is 89.2 Å². The molecule has 5 nitrogen and oxygen atoms in total. The van der Waals surface area contributed by atoms with Crippen LogP contribution < -0.4 is 10.7 Å². The third-order valence-electron chi connectivity index (χ3n) is 3.77. The molecule has 0 aliphatic heterocycles. The monoisotopic (exact) mass is 331 g/mol. The van der Waals surface area contributed by atoms with Crippen LogP contribution in [-0.2, 0) is 6.54 Å². The van der Waals surface area contributed by atoms with Crippen LogP contribution in [0.4, 0.5) is 0 Å². The number of carbonyl (C=O) groups is 1. The van der Waals surface area contributed by atoms with Crippen molar-refractivity contribution in [3.63, 3.8) is 0 Å². The molecule has 0 bridgehead atoms. The summed E-state index contributed by atoms with van der Waals surface area (Å²) >= 11 is 0. The summed E-state index contributed by atoms with van der Waals surface area (Å²) in [7, 11) is 0. The molecule has 0 saturated heterocycles. The van der Waals surface area contributed by atoms with Gasteiger partial charge >= 0.3 is 0 Å². The van der Waals surface area contributed by atoms with Crippen molar-refractivity contribution in [2.24, 2.45) is 0 Å². The number of allylic oxidation sites excluding steroid dienone is 1. The number of aromatic carboxylic acids is 1. The Morgan fingerprint density at radius 3 is 2.12 bits per heavy atom. The Labute approximate surface area is 144 Å². The highest BCUT2D eigenvalue weighted by atomic mass is 16.4. The number of carboxylic acid groups (broad SMARTS) is 1. The number of hydrogen-bond acceptors (Lipinski definition) is 4. The number of aromatic nitrogens is 2. The summed E-state index contributed by atoms with van der Waals surface area (Å²) in [5.74, 6) is -1.53. The van der Waals surface area contributed by atoms with Crippen LogP contribution in [-0.4, -0.2) is 15.7 Å². The number of carboxylic acids is 1. The first kappa shape index (κ1) is 16.4. The van der Waals surface area contributed by atoms with Crippen molar-refractivity contribution in [2.75, 3.05) is 0 Å². The van der Waals surface area contributed by atoms with Crippen LogP contribution >= 0.6 is 0 Å². The molecule has 1 heterocycles. The summed E-state index contributed by atoms with van der Waals surface area (Å²) in [5, 5.41) is 16.2. The van der Waals surface area contributed by atoms with Gasteiger partial charge in [-0.3, -0.25) is 4.79 Å². The van der Waals surface area contributed by atoms with Crippen molar-refractivity contribution < 1.29 is 9.90 Å². The van der Waals surface area contributed by atoms with Crippen LogP contribution in [0.3, 0.4) is 0 Å². The molecule has 0 radical (unpaired) electrons. The molecule has 0 saturated carbocycles. The number of benzene rings is 2. The minimum absolute atomic E-state index is 0.105. The molecule has 5 heteroatoms. The van der Waals surface area contributed by atoms with Gasteiger partial charge in [-0.25, -0.2) is 4.68 Å². The third-order valence-corrected chi connectivity index (χ3v) is 3.77. The van der Waals surface area contributed by atoms with Gasteiger partial charge in [0.15, 0.2) is 0 Å². The van der Waals surface area contributed by atoms with E-state index in [9.17, 15) is 14.7 Å². The van der Waals surface area contributed by atoms with E-state index >= 15 is 0 Å². The fourth-order valence-corrected chi connectivity index (χ4v) is 2.69. The van der Waals surface area contributed by atoms with Crippen LogP contribution in [0.2, 0.25) is 0 Å². The maximum atomic E-state index is 12.6. The summed E-state index contributed by atoms with van der Waals surface area (Å²) in [6.07, 6.45) is 1.49. The van der Waals surface area contributed by atoms with E-state index in [0.717, 1.165) is 4.68 Å². The average molecular weight is 331 g/mol. The normalized spacial score (nSPS) is 10.4. The predicted molar refractivity (Wildman–Crippen MR) is 93.9 cm³/mol. The Morgan fingerprint density at radius 2 is 1.60 bits per heavy atom. The van der Waals surface area contributed by atoms with Gasteiger partial charge in [0.1, 0.15) is 0 Å². The van der Waals surface area contributed by atoms with Gasteiger partial charge in [0.05, 0.1) is 23.8 Å². The zero-order valence-corrected chi connectivity index (χ0v) is 13.4. The Balaban J connectivity index is 2.45. The minimum atomic E-state index is -1.53. The largest absolute Gasteiger partial charge is 0.545 e. The lowest BCUT2D eigenvalue weighted by Crippen LogP contribution is -2.36. The number of nitrogens with zero attached hydrogens (tertiary/aromatic N) is 2. The molecule has 0 amide bonds. The van der Waals surface area contributed by atoms with Gasteiger partial charge in [-0.1, -0.05) is 66.7 Å². The van der Waals surface area contributed by atoms with Crippen LogP contribution in [0.1, 0.15) is 10.4 Å². The summed E-state index contributed by atoms with van der Waals surface area (Å²) in [4.78, 5) is 24.4. The molecule has 124 valence electrons. The molecule has 0 fully saturated rings. The van der Waals surface area contributed by atoms with E-state index in [-0.39, 0.29) is 12.1 Å². The first-order valence-corrected chi connectivity index (χ1v) is 7.71. The second-order valence-corrected chi connectivity index (χ2v) is 5.39. The summed E-state index contributed by atoms with van der Waals surface area (Å²) in [6, 6.07) is 18.0. The Morgan fingerprint density at radius 1 is 1.04 bits per heavy atom. The number of carbonyl (C=O) groups excluding carboxylic acids is 1. The van der Waals surface area contributed by atoms with E-state index in [1.165, 1.54) is 6.08 Å². The zero-order chi connectivity index (χ0) is 17.8. The summed E-state index contributed by atoms with van der Waals surface area (Å²) < 4.78 is 1.09. The zero-order valence-electron chi connectivity index (χ0n) is 13.4. The van der Waals surface area contributed by atoms with E-state index in [4.69, 9.17) is 0 Å². The second-order valence-electron chi connectivity index (χ2n) is 5.39. The van der Waals surface area contributed by atoms with Crippen molar-refractivity contribution in [1.82, 2.24) is 9.78 Å². The predicted octanol–water partition coefficient (Wildman–Crippen LogP) is 2.13. The lowest BCUT2D eigenvalue weighted by molar-refractivity contribution is -0.255. The standard InChI is InChI=1S/C20H16N2O3/c1-2-13-22-19(23)17(20(24)25)16(14-9-5-3-6-10-14)18(21-22)15-11-7-4-8-12-15/h2-12H,1,13H2,(H,24,25)/p-1. The van der Waals surface area contributed by atoms with Gasteiger partial charge in [-0.2, -0.15) is 5.10 Å². The molecule has 3 aromatic rings. The minimum Gasteiger partial charge on any atom is -0.545 e. The van der Waals surface area contributed by atoms with Crippen LogP contribution in [0, 0.1) is 0 Å². The topological polar surface area (TPSA) is 75.0 Å². The van der Waals surface area contributed by atoms with E-state index in [1.807, 2.05) is 36.4 Å².